The summed E-state index contributed by atoms with van der Waals surface area (Å²) >= 11 is 0. The van der Waals surface area contributed by atoms with Gasteiger partial charge in [0, 0.05) is 6.42 Å². The number of hydrogen-bond acceptors (Lipinski definition) is 1. The fourth-order valence-electron chi connectivity index (χ4n) is 1.51. The molecule has 1 aliphatic rings. The summed E-state index contributed by atoms with van der Waals surface area (Å²) in [6.45, 7) is 4.13. The number of halogens is 6. The van der Waals surface area contributed by atoms with Crippen LogP contribution in [0.15, 0.2) is 35.1 Å². The number of rotatable bonds is 1. The average molecular weight is 338 g/mol. The zero-order valence-electron chi connectivity index (χ0n) is 11.8. The van der Waals surface area contributed by atoms with E-state index in [4.69, 9.17) is 0 Å². The third-order valence-electron chi connectivity index (χ3n) is 2.64. The first kappa shape index (κ1) is 19.3. The second-order valence-electron chi connectivity index (χ2n) is 4.44. The number of amidine groups is 1. The topological polar surface area (TPSA) is 29.0 Å². The molecule has 1 aromatic carbocycles. The Morgan fingerprint density at radius 3 is 1.74 bits per heavy atom. The van der Waals surface area contributed by atoms with E-state index in [1.807, 2.05) is 13.1 Å². The molecule has 0 bridgehead atoms. The van der Waals surface area contributed by atoms with E-state index in [2.05, 4.69) is 17.2 Å². The van der Waals surface area contributed by atoms with Gasteiger partial charge in [-0.05, 0) is 20.8 Å². The highest BCUT2D eigenvalue weighted by Gasteiger charge is 2.35. The number of nitrogens with two attached hydrogens (primary N) is 1. The summed E-state index contributed by atoms with van der Waals surface area (Å²) in [4.78, 5) is 4.23. The lowest BCUT2D eigenvalue weighted by atomic mass is 9.91. The molecule has 0 fully saturated rings. The highest BCUT2D eigenvalue weighted by Crippen LogP contribution is 2.34. The Labute approximate surface area is 130 Å². The van der Waals surface area contributed by atoms with Crippen molar-refractivity contribution in [1.29, 1.82) is 0 Å². The van der Waals surface area contributed by atoms with Gasteiger partial charge in [-0.3, -0.25) is 5.32 Å². The van der Waals surface area contributed by atoms with Crippen LogP contribution in [-0.4, -0.2) is 13.7 Å². The van der Waals surface area contributed by atoms with Gasteiger partial charge in [0.25, 0.3) is 0 Å². The van der Waals surface area contributed by atoms with Crippen LogP contribution in [0.2, 0.25) is 0 Å². The number of aliphatic imine (C=N–C) groups is 1. The van der Waals surface area contributed by atoms with Crippen molar-refractivity contribution in [3.63, 3.8) is 0 Å². The summed E-state index contributed by atoms with van der Waals surface area (Å²) < 4.78 is 73.2. The van der Waals surface area contributed by atoms with Crippen molar-refractivity contribution in [1.82, 2.24) is 0 Å². The maximum Gasteiger partial charge on any atom is 0.416 e. The van der Waals surface area contributed by atoms with Crippen molar-refractivity contribution in [2.75, 3.05) is 0 Å². The molecule has 2 N–H and O–H groups in total. The van der Waals surface area contributed by atoms with Gasteiger partial charge in [-0.2, -0.15) is 31.3 Å². The van der Waals surface area contributed by atoms with Crippen LogP contribution in [0.5, 0.6) is 0 Å². The van der Waals surface area contributed by atoms with Crippen molar-refractivity contribution in [2.24, 2.45) is 4.99 Å². The van der Waals surface area contributed by atoms with Crippen molar-refractivity contribution in [2.45, 2.75) is 32.6 Å². The summed E-state index contributed by atoms with van der Waals surface area (Å²) in [6.07, 6.45) is -6.35. The quantitative estimate of drug-likeness (QED) is 0.599. The highest BCUT2D eigenvalue weighted by molar-refractivity contribution is 6.32. The Balaban J connectivity index is 0.000000277. The van der Waals surface area contributed by atoms with Gasteiger partial charge in [0.1, 0.15) is 6.20 Å². The monoisotopic (exact) mass is 338 g/mol. The smallest absolute Gasteiger partial charge is 0.273 e. The predicted octanol–water partition coefficient (Wildman–Crippen LogP) is 1.95. The maximum atomic E-state index is 12.2. The van der Waals surface area contributed by atoms with Gasteiger partial charge in [-0.15, -0.1) is 0 Å². The Bertz CT molecular complexity index is 584. The second kappa shape index (κ2) is 7.20. The van der Waals surface area contributed by atoms with E-state index in [1.54, 1.807) is 0 Å². The van der Waals surface area contributed by atoms with Crippen molar-refractivity contribution in [3.8, 4) is 0 Å². The number of hydrogen-bond donors (Lipinski definition) is 1. The molecule has 0 aliphatic carbocycles. The fourth-order valence-corrected chi connectivity index (χ4v) is 1.51. The summed E-state index contributed by atoms with van der Waals surface area (Å²) in [5, 5.41) is 2.06. The van der Waals surface area contributed by atoms with E-state index in [0.717, 1.165) is 24.3 Å². The first-order valence-electron chi connectivity index (χ1n) is 6.28. The zero-order valence-corrected chi connectivity index (χ0v) is 11.8. The van der Waals surface area contributed by atoms with Crippen LogP contribution in [0, 0.1) is 0 Å². The van der Waals surface area contributed by atoms with Crippen LogP contribution in [0.4, 0.5) is 26.3 Å². The fraction of sp³-hybridized carbons (Fsp3) is 0.357. The van der Waals surface area contributed by atoms with Gasteiger partial charge in [-0.25, -0.2) is 5.46 Å². The maximum absolute atomic E-state index is 12.2. The molecule has 9 heteroatoms. The third-order valence-corrected chi connectivity index (χ3v) is 2.64. The van der Waals surface area contributed by atoms with Crippen LogP contribution in [0.1, 0.15) is 31.4 Å². The van der Waals surface area contributed by atoms with E-state index in [9.17, 15) is 26.3 Å². The summed E-state index contributed by atoms with van der Waals surface area (Å²) in [5.74, 6) is 1.20. The Kier molecular flexibility index (Phi) is 6.04. The van der Waals surface area contributed by atoms with E-state index >= 15 is 0 Å². The van der Waals surface area contributed by atoms with Crippen molar-refractivity contribution < 1.29 is 31.7 Å². The molecule has 0 unspecified atom stereocenters. The first-order valence-corrected chi connectivity index (χ1v) is 6.28. The SMILES string of the molecule is CCC1=NC(C)=C[NH2+]1.[BH3-]c1cc(C(F)(F)F)cc(C(F)(F)F)c1. The van der Waals surface area contributed by atoms with Gasteiger partial charge in [0.05, 0.1) is 16.8 Å². The van der Waals surface area contributed by atoms with Crippen LogP contribution < -0.4 is 10.8 Å². The first-order chi connectivity index (χ1) is 10.4. The lowest BCUT2D eigenvalue weighted by molar-refractivity contribution is -0.460. The van der Waals surface area contributed by atoms with Gasteiger partial charge in [0.2, 0.25) is 5.84 Å². The number of nitrogens with zero attached hydrogens (tertiary/aromatic N) is 1. The van der Waals surface area contributed by atoms with Gasteiger partial charge in [-0.1, -0.05) is 19.1 Å². The van der Waals surface area contributed by atoms with Crippen LogP contribution in [0.3, 0.4) is 0 Å². The Hall–Kier alpha value is -1.77. The molecule has 0 atom stereocenters. The van der Waals surface area contributed by atoms with E-state index in [0.29, 0.717) is 0 Å². The van der Waals surface area contributed by atoms with Crippen LogP contribution >= 0.6 is 0 Å². The average Bonchev–Trinajstić information content (AvgIpc) is 2.83. The molecule has 1 heterocycles. The number of alkyl halides is 6. The molecule has 0 amide bonds. The van der Waals surface area contributed by atoms with Gasteiger partial charge in [0.15, 0.2) is 0 Å². The minimum atomic E-state index is -4.72. The standard InChI is InChI=1S/C8H6BF6.C6H10N2/c9-6-2-4(7(10,11)12)1-5(3-6)8(13,14)15;1-3-6-7-4-5(2)8-6/h1-3H,9H3;4H,3H2,1-2H3,(H,7,8)/q-1;/p+1. The summed E-state index contributed by atoms with van der Waals surface area (Å²) in [7, 11) is -0.699. The molecule has 128 valence electrons. The summed E-state index contributed by atoms with van der Waals surface area (Å²) in [6, 6.07) is 1.72. The Morgan fingerprint density at radius 2 is 1.48 bits per heavy atom. The molecule has 0 radical (unpaired) electrons. The van der Waals surface area contributed by atoms with Crippen molar-refractivity contribution >= 4 is 19.1 Å². The summed E-state index contributed by atoms with van der Waals surface area (Å²) in [5.41, 5.74) is -1.14. The van der Waals surface area contributed by atoms with Gasteiger partial charge < -0.3 is 0 Å². The minimum Gasteiger partial charge on any atom is -0.273 e. The zero-order chi connectivity index (χ0) is 17.8. The number of benzene rings is 1. The molecule has 23 heavy (non-hydrogen) atoms. The Morgan fingerprint density at radius 1 is 1.00 bits per heavy atom. The number of allylic oxidation sites excluding steroid dienone is 1. The largest absolute Gasteiger partial charge is 0.416 e. The molecule has 0 spiro atoms. The molecule has 0 saturated heterocycles. The molecule has 2 rings (SSSR count). The molecular weight excluding hydrogens is 321 g/mol. The molecule has 1 aromatic rings. The van der Waals surface area contributed by atoms with E-state index in [1.165, 1.54) is 5.84 Å². The lowest BCUT2D eigenvalue weighted by Gasteiger charge is -2.14. The van der Waals surface area contributed by atoms with E-state index in [-0.39, 0.29) is 11.5 Å². The molecule has 0 aromatic heterocycles. The highest BCUT2D eigenvalue weighted by atomic mass is 19.4. The second-order valence-corrected chi connectivity index (χ2v) is 4.44. The minimum absolute atomic E-state index is 0.144. The van der Waals surface area contributed by atoms with Crippen molar-refractivity contribution in [3.05, 3.63) is 41.2 Å². The van der Waals surface area contributed by atoms with Crippen LogP contribution in [0.25, 0.3) is 0 Å². The number of quaternary nitrogens is 1. The predicted molar refractivity (Wildman–Crippen MR) is 79.4 cm³/mol. The van der Waals surface area contributed by atoms with Gasteiger partial charge >= 0.3 is 12.4 Å². The van der Waals surface area contributed by atoms with E-state index < -0.39 is 31.3 Å². The van der Waals surface area contributed by atoms with Crippen LogP contribution in [-0.2, 0) is 12.4 Å². The normalized spacial score (nSPS) is 14.8. The molecular formula is C14H17BF6N2. The lowest BCUT2D eigenvalue weighted by Crippen LogP contribution is -2.80. The third kappa shape index (κ3) is 6.09. The molecule has 2 nitrogen and oxygen atoms in total. The molecule has 0 saturated carbocycles. The molecule has 1 aliphatic heterocycles.